The molecule has 2 aromatic carbocycles. The van der Waals surface area contributed by atoms with Crippen molar-refractivity contribution < 1.29 is 42.9 Å². The van der Waals surface area contributed by atoms with Crippen LogP contribution in [0, 0.1) is 5.82 Å². The Morgan fingerprint density at radius 3 is 2.21 bits per heavy atom. The average molecular weight is 667 g/mol. The van der Waals surface area contributed by atoms with E-state index in [0.717, 1.165) is 35.6 Å². The molecule has 0 atom stereocenters. The second-order valence-electron chi connectivity index (χ2n) is 11.2. The van der Waals surface area contributed by atoms with Gasteiger partial charge in [0.25, 0.3) is 11.1 Å². The molecule has 1 aliphatic carbocycles. The molecular weight excluding hydrogens is 635 g/mol. The smallest absolute Gasteiger partial charge is 0.341 e. The van der Waals surface area contributed by atoms with Gasteiger partial charge < -0.3 is 33.7 Å². The first-order valence-corrected chi connectivity index (χ1v) is 15.6. The van der Waals surface area contributed by atoms with Gasteiger partial charge in [-0.15, -0.1) is 0 Å². The van der Waals surface area contributed by atoms with E-state index in [1.807, 2.05) is 0 Å². The van der Waals surface area contributed by atoms with E-state index in [1.54, 1.807) is 27.7 Å². The first-order valence-electron chi connectivity index (χ1n) is 14.7. The summed E-state index contributed by atoms with van der Waals surface area (Å²) in [7, 11) is 4.40. The van der Waals surface area contributed by atoms with Gasteiger partial charge in [0.15, 0.2) is 11.5 Å². The zero-order valence-electron chi connectivity index (χ0n) is 25.8. The molecule has 3 aliphatic rings. The van der Waals surface area contributed by atoms with Gasteiger partial charge in [0, 0.05) is 43.8 Å². The van der Waals surface area contributed by atoms with E-state index in [2.05, 4.69) is 0 Å². The molecule has 2 saturated heterocycles. The van der Waals surface area contributed by atoms with E-state index >= 15 is 4.39 Å². The fraction of sp³-hybridized carbons (Fsp3) is 0.344. The highest BCUT2D eigenvalue weighted by Crippen LogP contribution is 2.41. The van der Waals surface area contributed by atoms with Gasteiger partial charge >= 0.3 is 5.97 Å². The topological polar surface area (TPSA) is 148 Å². The maximum absolute atomic E-state index is 15.4. The number of aromatic carboxylic acids is 1. The predicted octanol–water partition coefficient (Wildman–Crippen LogP) is 3.58. The molecule has 1 saturated carbocycles. The summed E-state index contributed by atoms with van der Waals surface area (Å²) in [6, 6.07) is 5.96. The normalized spacial score (nSPS) is 17.5. The quantitative estimate of drug-likeness (QED) is 0.334. The first kappa shape index (κ1) is 31.9. The molecule has 3 fully saturated rings. The number of hydrogen-bond acceptors (Lipinski definition) is 10. The predicted molar refractivity (Wildman–Crippen MR) is 171 cm³/mol. The van der Waals surface area contributed by atoms with Crippen LogP contribution in [0.15, 0.2) is 40.2 Å². The van der Waals surface area contributed by atoms with Crippen LogP contribution < -0.4 is 24.5 Å². The number of nitrogens with zero attached hydrogens (tertiary/aromatic N) is 4. The van der Waals surface area contributed by atoms with Gasteiger partial charge in [0.05, 0.1) is 37.4 Å². The number of methoxy groups -OCH3 is 3. The number of anilines is 1. The SMILES string of the molecule is COc1cc(/C=C2/SC(=O)N(CC(=O)N3CCN(c4cc5c(cc4F)c(=O)c(C(=O)O)cn5C4CC4)CC3)C2=O)cc(OC)c1OC. The van der Waals surface area contributed by atoms with Crippen LogP contribution in [0.1, 0.15) is 34.8 Å². The highest BCUT2D eigenvalue weighted by atomic mass is 32.2. The summed E-state index contributed by atoms with van der Waals surface area (Å²) in [5.41, 5.74) is 0.0854. The van der Waals surface area contributed by atoms with Crippen LogP contribution >= 0.6 is 11.8 Å². The number of carboxylic acids is 1. The van der Waals surface area contributed by atoms with Crippen molar-refractivity contribution in [2.45, 2.75) is 18.9 Å². The van der Waals surface area contributed by atoms with Gasteiger partial charge in [0.1, 0.15) is 17.9 Å². The number of pyridine rings is 1. The Bertz CT molecular complexity index is 1890. The second kappa shape index (κ2) is 12.6. The molecule has 3 amide bonds. The fourth-order valence-corrected chi connectivity index (χ4v) is 6.65. The van der Waals surface area contributed by atoms with Crippen molar-refractivity contribution in [2.75, 3.05) is 59.0 Å². The number of fused-ring (bicyclic) bond motifs is 1. The van der Waals surface area contributed by atoms with Crippen molar-refractivity contribution in [3.05, 3.63) is 62.5 Å². The number of hydrogen-bond donors (Lipinski definition) is 1. The number of benzene rings is 2. The van der Waals surface area contributed by atoms with Crippen molar-refractivity contribution in [2.24, 2.45) is 0 Å². The van der Waals surface area contributed by atoms with Crippen LogP contribution in [0.5, 0.6) is 17.2 Å². The number of carbonyl (C=O) groups excluding carboxylic acids is 3. The molecule has 0 bridgehead atoms. The Morgan fingerprint density at radius 2 is 1.64 bits per heavy atom. The van der Waals surface area contributed by atoms with E-state index in [1.165, 1.54) is 38.5 Å². The lowest BCUT2D eigenvalue weighted by atomic mass is 10.1. The molecule has 47 heavy (non-hydrogen) atoms. The molecule has 2 aliphatic heterocycles. The van der Waals surface area contributed by atoms with Crippen molar-refractivity contribution in [3.63, 3.8) is 0 Å². The first-order chi connectivity index (χ1) is 22.5. The molecule has 13 nitrogen and oxygen atoms in total. The van der Waals surface area contributed by atoms with E-state index in [0.29, 0.717) is 28.3 Å². The third kappa shape index (κ3) is 5.98. The lowest BCUT2D eigenvalue weighted by Gasteiger charge is -2.36. The van der Waals surface area contributed by atoms with E-state index in [9.17, 15) is 29.1 Å². The summed E-state index contributed by atoms with van der Waals surface area (Å²) < 4.78 is 33.1. The Morgan fingerprint density at radius 1 is 0.979 bits per heavy atom. The van der Waals surface area contributed by atoms with Crippen LogP contribution in [0.25, 0.3) is 17.0 Å². The summed E-state index contributed by atoms with van der Waals surface area (Å²) in [6.45, 7) is 0.499. The molecule has 0 spiro atoms. The summed E-state index contributed by atoms with van der Waals surface area (Å²) in [5, 5.41) is 8.91. The molecule has 3 heterocycles. The van der Waals surface area contributed by atoms with E-state index < -0.39 is 46.4 Å². The largest absolute Gasteiger partial charge is 0.493 e. The Hall–Kier alpha value is -5.05. The number of rotatable bonds is 9. The lowest BCUT2D eigenvalue weighted by molar-refractivity contribution is -0.136. The number of carbonyl (C=O) groups is 4. The third-order valence-electron chi connectivity index (χ3n) is 8.40. The molecule has 0 radical (unpaired) electrons. The number of thioether (sulfide) groups is 1. The van der Waals surface area contributed by atoms with Crippen LogP contribution in [-0.2, 0) is 9.59 Å². The van der Waals surface area contributed by atoms with E-state index in [4.69, 9.17) is 14.2 Å². The maximum Gasteiger partial charge on any atom is 0.341 e. The molecule has 1 aromatic heterocycles. The highest BCUT2D eigenvalue weighted by Gasteiger charge is 2.38. The van der Waals surface area contributed by atoms with Crippen LogP contribution in [0.4, 0.5) is 14.9 Å². The maximum atomic E-state index is 15.4. The number of imide groups is 1. The minimum Gasteiger partial charge on any atom is -0.493 e. The molecular formula is C32H31FN4O9S. The summed E-state index contributed by atoms with van der Waals surface area (Å²) in [4.78, 5) is 67.9. The molecule has 6 rings (SSSR count). The van der Waals surface area contributed by atoms with Crippen LogP contribution in [0.2, 0.25) is 0 Å². The van der Waals surface area contributed by atoms with Crippen LogP contribution in [-0.4, -0.2) is 96.5 Å². The number of carboxylic acid groups (broad SMARTS) is 1. The molecule has 3 aromatic rings. The second-order valence-corrected chi connectivity index (χ2v) is 12.2. The molecule has 1 N–H and O–H groups in total. The fourth-order valence-electron chi connectivity index (χ4n) is 5.81. The minimum atomic E-state index is -1.36. The summed E-state index contributed by atoms with van der Waals surface area (Å²) in [6.07, 6.45) is 4.50. The monoisotopic (exact) mass is 666 g/mol. The Kier molecular flexibility index (Phi) is 8.57. The average Bonchev–Trinajstić information content (AvgIpc) is 3.87. The number of amides is 3. The highest BCUT2D eigenvalue weighted by molar-refractivity contribution is 8.18. The van der Waals surface area contributed by atoms with Crippen molar-refractivity contribution in [1.82, 2.24) is 14.4 Å². The summed E-state index contributed by atoms with van der Waals surface area (Å²) >= 11 is 0.721. The van der Waals surface area contributed by atoms with Gasteiger partial charge in [0.2, 0.25) is 17.1 Å². The van der Waals surface area contributed by atoms with Crippen molar-refractivity contribution >= 4 is 57.5 Å². The third-order valence-corrected chi connectivity index (χ3v) is 9.30. The van der Waals surface area contributed by atoms with Gasteiger partial charge in [-0.2, -0.15) is 0 Å². The molecule has 15 heteroatoms. The zero-order chi connectivity index (χ0) is 33.6. The summed E-state index contributed by atoms with van der Waals surface area (Å²) in [5.74, 6) is -1.94. The molecule has 0 unspecified atom stereocenters. The van der Waals surface area contributed by atoms with Gasteiger partial charge in [-0.25, -0.2) is 9.18 Å². The van der Waals surface area contributed by atoms with Gasteiger partial charge in [-0.1, -0.05) is 0 Å². The Balaban J connectivity index is 1.14. The Labute approximate surface area is 272 Å². The zero-order valence-corrected chi connectivity index (χ0v) is 26.6. The van der Waals surface area contributed by atoms with Crippen molar-refractivity contribution in [3.8, 4) is 17.2 Å². The number of aromatic nitrogens is 1. The number of ether oxygens (including phenoxy) is 3. The van der Waals surface area contributed by atoms with Crippen molar-refractivity contribution in [1.29, 1.82) is 0 Å². The van der Waals surface area contributed by atoms with Gasteiger partial charge in [-0.05, 0) is 60.5 Å². The lowest BCUT2D eigenvalue weighted by Crippen LogP contribution is -2.52. The van der Waals surface area contributed by atoms with Gasteiger partial charge in [-0.3, -0.25) is 24.1 Å². The minimum absolute atomic E-state index is 0.00312. The number of piperazine rings is 1. The van der Waals surface area contributed by atoms with Crippen LogP contribution in [0.3, 0.4) is 0 Å². The molecule has 246 valence electrons. The number of halogens is 1. The standard InChI is InChI=1S/C32H31FN4O9S/c1-44-24-10-17(11-25(45-2)29(24)46-3)12-26-30(40)37(32(43)47-26)16-27(38)35-8-6-34(7-9-35)23-14-22-19(13-21(23)33)28(39)20(31(41)42)15-36(22)18-4-5-18/h10-15,18H,4-9,16H2,1-3H3,(H,41,42)/b26-12+. The van der Waals surface area contributed by atoms with E-state index in [-0.39, 0.29) is 48.2 Å².